The van der Waals surface area contributed by atoms with Crippen molar-refractivity contribution in [2.45, 2.75) is 37.2 Å². The van der Waals surface area contributed by atoms with Crippen LogP contribution in [0.3, 0.4) is 0 Å². The average Bonchev–Trinajstić information content (AvgIpc) is 3.17. The molecule has 1 fully saturated rings. The number of fused-ring (bicyclic) bond motifs is 1. The third-order valence-electron chi connectivity index (χ3n) is 4.67. The highest BCUT2D eigenvalue weighted by Gasteiger charge is 2.21. The van der Waals surface area contributed by atoms with Crippen molar-refractivity contribution in [3.05, 3.63) is 36.2 Å². The minimum absolute atomic E-state index is 0.00259. The number of thioether (sulfide) groups is 1. The van der Waals surface area contributed by atoms with E-state index in [2.05, 4.69) is 20.3 Å². The van der Waals surface area contributed by atoms with Crippen LogP contribution in [0.25, 0.3) is 11.2 Å². The summed E-state index contributed by atoms with van der Waals surface area (Å²) in [6.07, 6.45) is 7.06. The zero-order valence-corrected chi connectivity index (χ0v) is 16.3. The van der Waals surface area contributed by atoms with Gasteiger partial charge < -0.3 is 14.8 Å². The van der Waals surface area contributed by atoms with Crippen LogP contribution in [0.15, 0.2) is 35.7 Å². The molecule has 1 atom stereocenters. The van der Waals surface area contributed by atoms with Crippen molar-refractivity contribution in [2.75, 3.05) is 25.3 Å². The highest BCUT2D eigenvalue weighted by Crippen LogP contribution is 2.29. The van der Waals surface area contributed by atoms with Gasteiger partial charge >= 0.3 is 0 Å². The van der Waals surface area contributed by atoms with Crippen LogP contribution < -0.4 is 10.1 Å². The Morgan fingerprint density at radius 1 is 1.26 bits per heavy atom. The van der Waals surface area contributed by atoms with Gasteiger partial charge in [-0.1, -0.05) is 23.9 Å². The van der Waals surface area contributed by atoms with Crippen molar-refractivity contribution in [1.29, 1.82) is 0 Å². The van der Waals surface area contributed by atoms with E-state index in [-0.39, 0.29) is 6.23 Å². The van der Waals surface area contributed by atoms with Gasteiger partial charge in [-0.2, -0.15) is 0 Å². The normalized spacial score (nSPS) is 17.2. The Labute approximate surface area is 162 Å². The molecule has 0 amide bonds. The lowest BCUT2D eigenvalue weighted by molar-refractivity contribution is -0.0298. The molecule has 1 aliphatic rings. The van der Waals surface area contributed by atoms with Crippen LogP contribution in [-0.4, -0.2) is 39.5 Å². The number of benzene rings is 1. The molecule has 1 aliphatic heterocycles. The quantitative estimate of drug-likeness (QED) is 0.510. The summed E-state index contributed by atoms with van der Waals surface area (Å²) in [5.41, 5.74) is 2.73. The SMILES string of the molecule is COc1ccc(CNc2nc(SC)nc3c2ncn3C2CCCCO2)cc1. The van der Waals surface area contributed by atoms with Crippen molar-refractivity contribution in [1.82, 2.24) is 19.5 Å². The predicted octanol–water partition coefficient (Wildman–Crippen LogP) is 3.87. The van der Waals surface area contributed by atoms with E-state index >= 15 is 0 Å². The van der Waals surface area contributed by atoms with Crippen LogP contribution in [0.4, 0.5) is 5.82 Å². The van der Waals surface area contributed by atoms with Crippen molar-refractivity contribution < 1.29 is 9.47 Å². The van der Waals surface area contributed by atoms with Crippen molar-refractivity contribution in [3.8, 4) is 5.75 Å². The highest BCUT2D eigenvalue weighted by atomic mass is 32.2. The van der Waals surface area contributed by atoms with E-state index in [1.54, 1.807) is 7.11 Å². The van der Waals surface area contributed by atoms with E-state index in [1.807, 2.05) is 41.4 Å². The van der Waals surface area contributed by atoms with Crippen molar-refractivity contribution in [2.24, 2.45) is 0 Å². The first-order valence-electron chi connectivity index (χ1n) is 9.05. The first-order valence-corrected chi connectivity index (χ1v) is 10.3. The van der Waals surface area contributed by atoms with Gasteiger partial charge in [-0.3, -0.25) is 4.57 Å². The number of nitrogens with zero attached hydrogens (tertiary/aromatic N) is 4. The van der Waals surface area contributed by atoms with E-state index in [0.29, 0.717) is 6.54 Å². The van der Waals surface area contributed by atoms with Crippen LogP contribution in [0.2, 0.25) is 0 Å². The van der Waals surface area contributed by atoms with Gasteiger partial charge in [0.1, 0.15) is 12.0 Å². The molecular weight excluding hydrogens is 362 g/mol. The Bertz CT molecular complexity index is 906. The third kappa shape index (κ3) is 3.86. The molecule has 4 rings (SSSR count). The molecule has 1 aromatic carbocycles. The minimum Gasteiger partial charge on any atom is -0.497 e. The molecule has 0 spiro atoms. The van der Waals surface area contributed by atoms with Gasteiger partial charge in [0.2, 0.25) is 0 Å². The Kier molecular flexibility index (Phi) is 5.45. The molecule has 0 bridgehead atoms. The Balaban J connectivity index is 1.61. The van der Waals surface area contributed by atoms with Crippen LogP contribution in [0.5, 0.6) is 5.75 Å². The summed E-state index contributed by atoms with van der Waals surface area (Å²) in [5.74, 6) is 1.59. The molecule has 3 aromatic rings. The molecule has 1 saturated heterocycles. The summed E-state index contributed by atoms with van der Waals surface area (Å²) in [5, 5.41) is 4.13. The predicted molar refractivity (Wildman–Crippen MR) is 106 cm³/mol. The maximum atomic E-state index is 5.92. The van der Waals surface area contributed by atoms with Crippen LogP contribution in [0, 0.1) is 0 Å². The Morgan fingerprint density at radius 3 is 2.81 bits per heavy atom. The summed E-state index contributed by atoms with van der Waals surface area (Å²) in [6, 6.07) is 7.98. The summed E-state index contributed by atoms with van der Waals surface area (Å²) in [6.45, 7) is 1.43. The smallest absolute Gasteiger partial charge is 0.191 e. The fourth-order valence-electron chi connectivity index (χ4n) is 3.19. The number of hydrogen-bond acceptors (Lipinski definition) is 7. The van der Waals surface area contributed by atoms with E-state index in [9.17, 15) is 0 Å². The lowest BCUT2D eigenvalue weighted by Gasteiger charge is -2.23. The highest BCUT2D eigenvalue weighted by molar-refractivity contribution is 7.98. The molecule has 1 unspecified atom stereocenters. The molecule has 3 heterocycles. The lowest BCUT2D eigenvalue weighted by Crippen LogP contribution is -2.18. The average molecular weight is 385 g/mol. The topological polar surface area (TPSA) is 74.1 Å². The van der Waals surface area contributed by atoms with Crippen LogP contribution in [0.1, 0.15) is 31.1 Å². The number of imidazole rings is 1. The van der Waals surface area contributed by atoms with Gasteiger partial charge in [0.25, 0.3) is 0 Å². The number of aromatic nitrogens is 4. The molecule has 8 heteroatoms. The van der Waals surface area contributed by atoms with E-state index in [4.69, 9.17) is 9.47 Å². The molecule has 142 valence electrons. The van der Waals surface area contributed by atoms with Crippen LogP contribution in [-0.2, 0) is 11.3 Å². The number of nitrogens with one attached hydrogen (secondary N) is 1. The minimum atomic E-state index is 0.00259. The fraction of sp³-hybridized carbons (Fsp3) is 0.421. The largest absolute Gasteiger partial charge is 0.497 e. The Hall–Kier alpha value is -2.32. The molecule has 27 heavy (non-hydrogen) atoms. The van der Waals surface area contributed by atoms with Gasteiger partial charge in [0.15, 0.2) is 22.1 Å². The third-order valence-corrected chi connectivity index (χ3v) is 5.22. The summed E-state index contributed by atoms with van der Waals surface area (Å²) in [7, 11) is 1.67. The number of ether oxygens (including phenoxy) is 2. The second-order valence-corrected chi connectivity index (χ2v) is 7.18. The number of anilines is 1. The molecule has 0 aliphatic carbocycles. The summed E-state index contributed by atoms with van der Waals surface area (Å²) < 4.78 is 13.2. The first-order chi connectivity index (χ1) is 13.3. The van der Waals surface area contributed by atoms with E-state index in [0.717, 1.165) is 59.3 Å². The zero-order chi connectivity index (χ0) is 18.6. The van der Waals surface area contributed by atoms with Gasteiger partial charge in [-0.15, -0.1) is 0 Å². The standard InChI is InChI=1S/C19H23N5O2S/c1-25-14-8-6-13(7-9-14)11-20-17-16-18(23-19(22-17)27-2)24(12-21-16)15-5-3-4-10-26-15/h6-9,12,15H,3-5,10-11H2,1-2H3,(H,20,22,23). The van der Waals surface area contributed by atoms with Crippen molar-refractivity contribution >= 4 is 28.7 Å². The Morgan fingerprint density at radius 2 is 2.11 bits per heavy atom. The first kappa shape index (κ1) is 18.1. The fourth-order valence-corrected chi connectivity index (χ4v) is 3.55. The second-order valence-electron chi connectivity index (χ2n) is 6.41. The molecule has 2 aromatic heterocycles. The number of rotatable bonds is 6. The molecule has 0 saturated carbocycles. The zero-order valence-electron chi connectivity index (χ0n) is 15.5. The monoisotopic (exact) mass is 385 g/mol. The molecule has 7 nitrogen and oxygen atoms in total. The van der Waals surface area contributed by atoms with Gasteiger partial charge in [0.05, 0.1) is 13.4 Å². The summed E-state index contributed by atoms with van der Waals surface area (Å²) >= 11 is 1.52. The van der Waals surface area contributed by atoms with E-state index in [1.165, 1.54) is 11.8 Å². The molecular formula is C19H23N5O2S. The lowest BCUT2D eigenvalue weighted by atomic mass is 10.2. The van der Waals surface area contributed by atoms with Gasteiger partial charge in [0, 0.05) is 13.2 Å². The molecule has 0 radical (unpaired) electrons. The van der Waals surface area contributed by atoms with E-state index < -0.39 is 0 Å². The van der Waals surface area contributed by atoms with Crippen LogP contribution >= 0.6 is 11.8 Å². The van der Waals surface area contributed by atoms with Crippen molar-refractivity contribution in [3.63, 3.8) is 0 Å². The molecule has 1 N–H and O–H groups in total. The van der Waals surface area contributed by atoms with Gasteiger partial charge in [-0.05, 0) is 43.2 Å². The summed E-state index contributed by atoms with van der Waals surface area (Å²) in [4.78, 5) is 13.9. The maximum absolute atomic E-state index is 5.92. The maximum Gasteiger partial charge on any atom is 0.191 e. The number of hydrogen-bond donors (Lipinski definition) is 1. The second kappa shape index (κ2) is 8.14. The van der Waals surface area contributed by atoms with Gasteiger partial charge in [-0.25, -0.2) is 15.0 Å². The number of methoxy groups -OCH3 is 1.